The van der Waals surface area contributed by atoms with Crippen LogP contribution in [0.2, 0.25) is 0 Å². The van der Waals surface area contributed by atoms with Gasteiger partial charge in [0.1, 0.15) is 0 Å². The molecule has 0 aliphatic carbocycles. The summed E-state index contributed by atoms with van der Waals surface area (Å²) in [5.41, 5.74) is 9.30. The standard InChI is InChI=1S/C12H10N4O4/c13-15-14-9-3-1-8(2-4-9)7-12(19)20-16-10(17)5-6-11(16)18/h1-4H,5-7H2. The molecule has 1 heterocycles. The molecule has 0 N–H and O–H groups in total. The summed E-state index contributed by atoms with van der Waals surface area (Å²) in [6, 6.07) is 6.29. The maximum absolute atomic E-state index is 11.6. The quantitative estimate of drug-likeness (QED) is 0.360. The molecule has 1 saturated heterocycles. The van der Waals surface area contributed by atoms with Crippen LogP contribution in [-0.4, -0.2) is 22.8 Å². The molecular weight excluding hydrogens is 264 g/mol. The number of amides is 2. The summed E-state index contributed by atoms with van der Waals surface area (Å²) in [6.07, 6.45) is 0.0353. The number of benzene rings is 1. The van der Waals surface area contributed by atoms with E-state index < -0.39 is 17.8 Å². The molecule has 0 unspecified atom stereocenters. The van der Waals surface area contributed by atoms with Gasteiger partial charge in [-0.3, -0.25) is 9.59 Å². The van der Waals surface area contributed by atoms with E-state index in [9.17, 15) is 14.4 Å². The molecule has 1 aromatic rings. The van der Waals surface area contributed by atoms with Gasteiger partial charge in [0.15, 0.2) is 0 Å². The summed E-state index contributed by atoms with van der Waals surface area (Å²) in [5.74, 6) is -1.73. The maximum Gasteiger partial charge on any atom is 0.337 e. The smallest absolute Gasteiger partial charge is 0.330 e. The van der Waals surface area contributed by atoms with Crippen molar-refractivity contribution < 1.29 is 19.2 Å². The summed E-state index contributed by atoms with van der Waals surface area (Å²) in [4.78, 5) is 41.5. The van der Waals surface area contributed by atoms with E-state index in [1.165, 1.54) is 0 Å². The average molecular weight is 274 g/mol. The molecule has 2 rings (SSSR count). The topological polar surface area (TPSA) is 112 Å². The van der Waals surface area contributed by atoms with Crippen molar-refractivity contribution in [2.24, 2.45) is 5.11 Å². The third kappa shape index (κ3) is 3.12. The van der Waals surface area contributed by atoms with Crippen LogP contribution in [-0.2, 0) is 25.6 Å². The Morgan fingerprint density at radius 3 is 2.40 bits per heavy atom. The summed E-state index contributed by atoms with van der Waals surface area (Å²) >= 11 is 0. The lowest BCUT2D eigenvalue weighted by Crippen LogP contribution is -2.32. The molecule has 1 aliphatic rings. The lowest BCUT2D eigenvalue weighted by Gasteiger charge is -2.12. The Balaban J connectivity index is 1.96. The van der Waals surface area contributed by atoms with Crippen LogP contribution < -0.4 is 0 Å². The minimum absolute atomic E-state index is 0.0625. The van der Waals surface area contributed by atoms with E-state index in [1.54, 1.807) is 24.3 Å². The van der Waals surface area contributed by atoms with Crippen molar-refractivity contribution >= 4 is 23.5 Å². The summed E-state index contributed by atoms with van der Waals surface area (Å²) in [5, 5.41) is 3.91. The van der Waals surface area contributed by atoms with Crippen LogP contribution >= 0.6 is 0 Å². The summed E-state index contributed by atoms with van der Waals surface area (Å²) in [7, 11) is 0. The minimum Gasteiger partial charge on any atom is -0.330 e. The van der Waals surface area contributed by atoms with Crippen molar-refractivity contribution in [2.45, 2.75) is 19.3 Å². The molecule has 1 aromatic carbocycles. The Bertz CT molecular complexity index is 588. The molecule has 0 radical (unpaired) electrons. The molecule has 0 aromatic heterocycles. The number of carbonyl (C=O) groups excluding carboxylic acids is 3. The van der Waals surface area contributed by atoms with Crippen LogP contribution in [0, 0.1) is 0 Å². The van der Waals surface area contributed by atoms with E-state index in [4.69, 9.17) is 10.4 Å². The van der Waals surface area contributed by atoms with Gasteiger partial charge < -0.3 is 4.84 Å². The molecule has 1 aliphatic heterocycles. The lowest BCUT2D eigenvalue weighted by atomic mass is 10.1. The van der Waals surface area contributed by atoms with Crippen LogP contribution in [0.3, 0.4) is 0 Å². The molecule has 8 nitrogen and oxygen atoms in total. The van der Waals surface area contributed by atoms with Gasteiger partial charge in [-0.25, -0.2) is 4.79 Å². The van der Waals surface area contributed by atoms with Crippen LogP contribution in [0.25, 0.3) is 10.4 Å². The summed E-state index contributed by atoms with van der Waals surface area (Å²) < 4.78 is 0. The molecule has 20 heavy (non-hydrogen) atoms. The SMILES string of the molecule is [N-]=[N+]=Nc1ccc(CC(=O)ON2C(=O)CCC2=O)cc1. The van der Waals surface area contributed by atoms with Gasteiger partial charge in [-0.1, -0.05) is 29.4 Å². The van der Waals surface area contributed by atoms with E-state index >= 15 is 0 Å². The Morgan fingerprint density at radius 2 is 1.85 bits per heavy atom. The number of hydrogen-bond donors (Lipinski definition) is 0. The van der Waals surface area contributed by atoms with Crippen LogP contribution in [0.1, 0.15) is 18.4 Å². The highest BCUT2D eigenvalue weighted by molar-refractivity contribution is 6.01. The van der Waals surface area contributed by atoms with Gasteiger partial charge in [0.05, 0.1) is 6.42 Å². The van der Waals surface area contributed by atoms with Gasteiger partial charge in [-0.2, -0.15) is 0 Å². The average Bonchev–Trinajstić information content (AvgIpc) is 2.73. The first-order valence-corrected chi connectivity index (χ1v) is 5.81. The largest absolute Gasteiger partial charge is 0.337 e. The van der Waals surface area contributed by atoms with E-state index in [0.29, 0.717) is 16.3 Å². The number of carbonyl (C=O) groups is 3. The van der Waals surface area contributed by atoms with Crippen molar-refractivity contribution in [3.05, 3.63) is 40.3 Å². The fourth-order valence-corrected chi connectivity index (χ4v) is 1.69. The predicted octanol–water partition coefficient (Wildman–Crippen LogP) is 1.78. The lowest BCUT2D eigenvalue weighted by molar-refractivity contribution is -0.197. The van der Waals surface area contributed by atoms with Crippen molar-refractivity contribution in [3.63, 3.8) is 0 Å². The van der Waals surface area contributed by atoms with E-state index in [0.717, 1.165) is 0 Å². The van der Waals surface area contributed by atoms with Crippen molar-refractivity contribution in [1.82, 2.24) is 5.06 Å². The Morgan fingerprint density at radius 1 is 1.25 bits per heavy atom. The molecule has 8 heteroatoms. The molecular formula is C12H10N4O4. The number of nitrogens with zero attached hydrogens (tertiary/aromatic N) is 4. The van der Waals surface area contributed by atoms with Gasteiger partial charge in [0.25, 0.3) is 11.8 Å². The van der Waals surface area contributed by atoms with Gasteiger partial charge in [0.2, 0.25) is 0 Å². The third-order valence-corrected chi connectivity index (χ3v) is 2.64. The molecule has 0 saturated carbocycles. The van der Waals surface area contributed by atoms with E-state index in [1.807, 2.05) is 0 Å². The second-order valence-corrected chi connectivity index (χ2v) is 4.08. The molecule has 0 bridgehead atoms. The second kappa shape index (κ2) is 5.85. The van der Waals surface area contributed by atoms with Crippen molar-refractivity contribution in [1.29, 1.82) is 0 Å². The number of imide groups is 1. The predicted molar refractivity (Wildman–Crippen MR) is 66.1 cm³/mol. The monoisotopic (exact) mass is 274 g/mol. The van der Waals surface area contributed by atoms with Gasteiger partial charge in [-0.15, -0.1) is 5.06 Å². The highest BCUT2D eigenvalue weighted by Gasteiger charge is 2.32. The Kier molecular flexibility index (Phi) is 3.97. The maximum atomic E-state index is 11.6. The minimum atomic E-state index is -0.704. The highest BCUT2D eigenvalue weighted by Crippen LogP contribution is 2.15. The van der Waals surface area contributed by atoms with Gasteiger partial charge >= 0.3 is 5.97 Å². The first kappa shape index (κ1) is 13.6. The van der Waals surface area contributed by atoms with Crippen molar-refractivity contribution in [3.8, 4) is 0 Å². The fraction of sp³-hybridized carbons (Fsp3) is 0.250. The molecule has 0 atom stereocenters. The molecule has 2 amide bonds. The zero-order valence-electron chi connectivity index (χ0n) is 10.4. The summed E-state index contributed by atoms with van der Waals surface area (Å²) in [6.45, 7) is 0. The Hall–Kier alpha value is -2.86. The van der Waals surface area contributed by atoms with Crippen LogP contribution in [0.15, 0.2) is 29.4 Å². The number of hydrogen-bond acceptors (Lipinski definition) is 5. The third-order valence-electron chi connectivity index (χ3n) is 2.64. The molecule has 102 valence electrons. The Labute approximate surface area is 113 Å². The fourth-order valence-electron chi connectivity index (χ4n) is 1.69. The van der Waals surface area contributed by atoms with Gasteiger partial charge in [-0.05, 0) is 11.1 Å². The normalized spacial score (nSPS) is 14.1. The number of azide groups is 1. The van der Waals surface area contributed by atoms with Gasteiger partial charge in [0, 0.05) is 23.4 Å². The van der Waals surface area contributed by atoms with Crippen LogP contribution in [0.4, 0.5) is 5.69 Å². The second-order valence-electron chi connectivity index (χ2n) is 4.08. The highest BCUT2D eigenvalue weighted by atomic mass is 16.7. The number of rotatable bonds is 4. The first-order valence-electron chi connectivity index (χ1n) is 5.81. The number of hydroxylamine groups is 2. The van der Waals surface area contributed by atoms with E-state index in [-0.39, 0.29) is 19.3 Å². The molecule has 0 spiro atoms. The zero-order valence-corrected chi connectivity index (χ0v) is 10.4. The molecule has 1 fully saturated rings. The first-order chi connectivity index (χ1) is 9.60. The van der Waals surface area contributed by atoms with Crippen LogP contribution in [0.5, 0.6) is 0 Å². The van der Waals surface area contributed by atoms with Crippen molar-refractivity contribution in [2.75, 3.05) is 0 Å². The van der Waals surface area contributed by atoms with E-state index in [2.05, 4.69) is 10.0 Å². The zero-order chi connectivity index (χ0) is 14.5.